The topological polar surface area (TPSA) is 104 Å². The SMILES string of the molecule is CC(=O)c1c(/C=C2\C(=O)Nc3ccc(Br)cc32)[nH]c(C(=O)NCCN2CCOCC2)c1C. The van der Waals surface area contributed by atoms with Crippen molar-refractivity contribution >= 4 is 50.9 Å². The van der Waals surface area contributed by atoms with Gasteiger partial charge in [0.15, 0.2) is 5.78 Å². The van der Waals surface area contributed by atoms with Crippen LogP contribution in [0.3, 0.4) is 0 Å². The molecule has 2 aliphatic heterocycles. The second-order valence-corrected chi connectivity index (χ2v) is 8.80. The van der Waals surface area contributed by atoms with Crippen LogP contribution >= 0.6 is 15.9 Å². The lowest BCUT2D eigenvalue weighted by Gasteiger charge is -2.26. The van der Waals surface area contributed by atoms with Gasteiger partial charge < -0.3 is 20.4 Å². The van der Waals surface area contributed by atoms with Crippen molar-refractivity contribution in [1.82, 2.24) is 15.2 Å². The average molecular weight is 501 g/mol. The third-order valence-corrected chi connectivity index (χ3v) is 6.22. The number of carbonyl (C=O) groups excluding carboxylic acids is 3. The molecule has 1 aromatic heterocycles. The van der Waals surface area contributed by atoms with E-state index in [4.69, 9.17) is 4.74 Å². The minimum Gasteiger partial charge on any atom is -0.379 e. The molecule has 0 bridgehead atoms. The molecule has 1 saturated heterocycles. The van der Waals surface area contributed by atoms with E-state index >= 15 is 0 Å². The summed E-state index contributed by atoms with van der Waals surface area (Å²) in [5.74, 6) is -0.705. The summed E-state index contributed by atoms with van der Waals surface area (Å²) in [4.78, 5) is 43.1. The highest BCUT2D eigenvalue weighted by atomic mass is 79.9. The molecule has 168 valence electrons. The van der Waals surface area contributed by atoms with Gasteiger partial charge >= 0.3 is 0 Å². The predicted octanol–water partition coefficient (Wildman–Crippen LogP) is 2.84. The summed E-state index contributed by atoms with van der Waals surface area (Å²) < 4.78 is 6.18. The van der Waals surface area contributed by atoms with E-state index in [1.807, 2.05) is 18.2 Å². The van der Waals surface area contributed by atoms with E-state index in [-0.39, 0.29) is 17.6 Å². The number of H-pyrrole nitrogens is 1. The van der Waals surface area contributed by atoms with Gasteiger partial charge in [-0.15, -0.1) is 0 Å². The van der Waals surface area contributed by atoms with Crippen molar-refractivity contribution in [2.75, 3.05) is 44.7 Å². The quantitative estimate of drug-likeness (QED) is 0.417. The van der Waals surface area contributed by atoms with Crippen LogP contribution in [-0.2, 0) is 9.53 Å². The highest BCUT2D eigenvalue weighted by Crippen LogP contribution is 2.35. The van der Waals surface area contributed by atoms with Crippen molar-refractivity contribution < 1.29 is 19.1 Å². The summed E-state index contributed by atoms with van der Waals surface area (Å²) in [5.41, 5.74) is 3.64. The summed E-state index contributed by atoms with van der Waals surface area (Å²) in [6, 6.07) is 5.51. The third-order valence-electron chi connectivity index (χ3n) is 5.73. The lowest BCUT2D eigenvalue weighted by molar-refractivity contribution is -0.110. The number of rotatable bonds is 6. The van der Waals surface area contributed by atoms with E-state index in [9.17, 15) is 14.4 Å². The monoisotopic (exact) mass is 500 g/mol. The maximum absolute atomic E-state index is 12.8. The van der Waals surface area contributed by atoms with Crippen LogP contribution in [0.25, 0.3) is 11.6 Å². The van der Waals surface area contributed by atoms with Crippen molar-refractivity contribution in [2.24, 2.45) is 0 Å². The van der Waals surface area contributed by atoms with Gasteiger partial charge in [0.05, 0.1) is 24.5 Å². The number of carbonyl (C=O) groups is 3. The zero-order chi connectivity index (χ0) is 22.8. The van der Waals surface area contributed by atoms with Gasteiger partial charge in [0.1, 0.15) is 5.69 Å². The number of anilines is 1. The fourth-order valence-electron chi connectivity index (χ4n) is 4.10. The van der Waals surface area contributed by atoms with Crippen LogP contribution in [0.2, 0.25) is 0 Å². The van der Waals surface area contributed by atoms with Gasteiger partial charge in [-0.25, -0.2) is 0 Å². The second kappa shape index (κ2) is 9.40. The van der Waals surface area contributed by atoms with E-state index < -0.39 is 0 Å². The number of nitrogens with zero attached hydrogens (tertiary/aromatic N) is 1. The number of benzene rings is 1. The number of morpholine rings is 1. The van der Waals surface area contributed by atoms with Crippen LogP contribution in [0.4, 0.5) is 5.69 Å². The molecule has 0 aliphatic carbocycles. The van der Waals surface area contributed by atoms with E-state index in [0.717, 1.165) is 29.7 Å². The number of fused-ring (bicyclic) bond motifs is 1. The van der Waals surface area contributed by atoms with Crippen molar-refractivity contribution in [3.63, 3.8) is 0 Å². The standard InChI is InChI=1S/C23H25BrN4O4/c1-13-20(14(2)29)19(12-17-16-11-15(24)3-4-18(16)27-22(17)30)26-21(13)23(31)25-5-6-28-7-9-32-10-8-28/h3-4,11-12,26H,5-10H2,1-2H3,(H,25,31)(H,27,30)/b17-12-. The summed E-state index contributed by atoms with van der Waals surface area (Å²) in [5, 5.41) is 5.75. The number of halogens is 1. The first-order chi connectivity index (χ1) is 15.3. The molecule has 8 nitrogen and oxygen atoms in total. The Bertz CT molecular complexity index is 1120. The number of ketones is 1. The average Bonchev–Trinajstić information content (AvgIpc) is 3.25. The molecule has 1 aromatic carbocycles. The number of amides is 2. The Labute approximate surface area is 194 Å². The van der Waals surface area contributed by atoms with Gasteiger partial charge in [-0.1, -0.05) is 15.9 Å². The lowest BCUT2D eigenvalue weighted by Crippen LogP contribution is -2.41. The Morgan fingerprint density at radius 3 is 2.75 bits per heavy atom. The Morgan fingerprint density at radius 1 is 1.28 bits per heavy atom. The van der Waals surface area contributed by atoms with Crippen LogP contribution in [-0.4, -0.2) is 66.9 Å². The fourth-order valence-corrected chi connectivity index (χ4v) is 4.46. The minimum atomic E-state index is -0.276. The van der Waals surface area contributed by atoms with Gasteiger partial charge in [0.2, 0.25) is 0 Å². The maximum Gasteiger partial charge on any atom is 0.268 e. The normalized spacial score (nSPS) is 17.3. The Kier molecular flexibility index (Phi) is 6.59. The highest BCUT2D eigenvalue weighted by Gasteiger charge is 2.27. The van der Waals surface area contributed by atoms with Crippen molar-refractivity contribution in [3.05, 3.63) is 50.8 Å². The zero-order valence-electron chi connectivity index (χ0n) is 18.0. The van der Waals surface area contributed by atoms with E-state index in [2.05, 4.69) is 36.4 Å². The molecule has 3 N–H and O–H groups in total. The molecule has 0 atom stereocenters. The number of aromatic amines is 1. The number of ether oxygens (including phenoxy) is 1. The van der Waals surface area contributed by atoms with Crippen LogP contribution in [0.1, 0.15) is 44.6 Å². The van der Waals surface area contributed by atoms with Crippen molar-refractivity contribution in [3.8, 4) is 0 Å². The van der Waals surface area contributed by atoms with Crippen molar-refractivity contribution in [1.29, 1.82) is 0 Å². The third kappa shape index (κ3) is 4.55. The van der Waals surface area contributed by atoms with E-state index in [1.54, 1.807) is 13.0 Å². The molecule has 0 saturated carbocycles. The molecule has 0 unspecified atom stereocenters. The molecule has 2 aliphatic rings. The van der Waals surface area contributed by atoms with Gasteiger partial charge in [-0.3, -0.25) is 19.3 Å². The van der Waals surface area contributed by atoms with E-state index in [0.29, 0.717) is 53.5 Å². The molecule has 2 amide bonds. The molecule has 4 rings (SSSR count). The molecule has 1 fully saturated rings. The molecule has 3 heterocycles. The first kappa shape index (κ1) is 22.4. The smallest absolute Gasteiger partial charge is 0.268 e. The fraction of sp³-hybridized carbons (Fsp3) is 0.348. The molecule has 9 heteroatoms. The predicted molar refractivity (Wildman–Crippen MR) is 126 cm³/mol. The Balaban J connectivity index is 1.59. The molecular formula is C23H25BrN4O4. The van der Waals surface area contributed by atoms with Crippen LogP contribution in [0.5, 0.6) is 0 Å². The largest absolute Gasteiger partial charge is 0.379 e. The number of nitrogens with one attached hydrogen (secondary N) is 3. The minimum absolute atomic E-state index is 0.175. The summed E-state index contributed by atoms with van der Waals surface area (Å²) in [6.07, 6.45) is 1.64. The van der Waals surface area contributed by atoms with Crippen LogP contribution < -0.4 is 10.6 Å². The summed E-state index contributed by atoms with van der Waals surface area (Å²) >= 11 is 3.43. The molecule has 32 heavy (non-hydrogen) atoms. The second-order valence-electron chi connectivity index (χ2n) is 7.88. The molecule has 2 aromatic rings. The first-order valence-electron chi connectivity index (χ1n) is 10.5. The number of Topliss-reactive ketones (excluding diaryl/α,β-unsaturated/α-hetero) is 1. The Hall–Kier alpha value is -2.75. The first-order valence-corrected chi connectivity index (χ1v) is 11.3. The number of hydrogen-bond donors (Lipinski definition) is 3. The number of aromatic nitrogens is 1. The van der Waals surface area contributed by atoms with Gasteiger partial charge in [0, 0.05) is 47.5 Å². The maximum atomic E-state index is 12.8. The van der Waals surface area contributed by atoms with Crippen LogP contribution in [0.15, 0.2) is 22.7 Å². The number of hydrogen-bond acceptors (Lipinski definition) is 5. The molecular weight excluding hydrogens is 476 g/mol. The van der Waals surface area contributed by atoms with Gasteiger partial charge in [0.25, 0.3) is 11.8 Å². The highest BCUT2D eigenvalue weighted by molar-refractivity contribution is 9.10. The van der Waals surface area contributed by atoms with Crippen molar-refractivity contribution in [2.45, 2.75) is 13.8 Å². The lowest BCUT2D eigenvalue weighted by atomic mass is 10.0. The van der Waals surface area contributed by atoms with Gasteiger partial charge in [-0.05, 0) is 43.7 Å². The molecule has 0 spiro atoms. The zero-order valence-corrected chi connectivity index (χ0v) is 19.6. The molecule has 0 radical (unpaired) electrons. The van der Waals surface area contributed by atoms with Gasteiger partial charge in [-0.2, -0.15) is 0 Å². The summed E-state index contributed by atoms with van der Waals surface area (Å²) in [6.45, 7) is 7.54. The summed E-state index contributed by atoms with van der Waals surface area (Å²) in [7, 11) is 0. The van der Waals surface area contributed by atoms with E-state index in [1.165, 1.54) is 6.92 Å². The Morgan fingerprint density at radius 2 is 2.03 bits per heavy atom. The van der Waals surface area contributed by atoms with Crippen LogP contribution in [0, 0.1) is 6.92 Å².